The van der Waals surface area contributed by atoms with Crippen LogP contribution in [-0.4, -0.2) is 43.1 Å². The van der Waals surface area contributed by atoms with Crippen LogP contribution in [0.5, 0.6) is 0 Å². The summed E-state index contributed by atoms with van der Waals surface area (Å²) < 4.78 is 3.44. The van der Waals surface area contributed by atoms with Gasteiger partial charge in [0.1, 0.15) is 22.8 Å². The summed E-state index contributed by atoms with van der Waals surface area (Å²) >= 11 is 2.47. The number of nitro groups is 2. The molecular formula is C48H44ClN12O6S2+. The van der Waals surface area contributed by atoms with Gasteiger partial charge in [-0.2, -0.15) is 19.3 Å². The van der Waals surface area contributed by atoms with E-state index in [4.69, 9.17) is 0 Å². The minimum Gasteiger partial charge on any atom is -1.00 e. The Hall–Kier alpha value is -8.33. The van der Waals surface area contributed by atoms with Crippen LogP contribution in [0.1, 0.15) is 43.4 Å². The Balaban J connectivity index is 0.00000782. The fourth-order valence-corrected chi connectivity index (χ4v) is 8.42. The second kappa shape index (κ2) is 23.4. The molecule has 7 aromatic rings. The molecule has 0 fully saturated rings. The Kier molecular flexibility index (Phi) is 17.0. The third-order valence-electron chi connectivity index (χ3n) is 9.85. The zero-order valence-electron chi connectivity index (χ0n) is 37.5. The van der Waals surface area contributed by atoms with E-state index in [1.807, 2.05) is 72.8 Å². The van der Waals surface area contributed by atoms with Crippen LogP contribution in [0.2, 0.25) is 0 Å². The van der Waals surface area contributed by atoms with Crippen molar-refractivity contribution in [3.8, 4) is 0 Å². The molecule has 0 saturated carbocycles. The van der Waals surface area contributed by atoms with Crippen molar-refractivity contribution in [1.82, 2.24) is 20.8 Å². The van der Waals surface area contributed by atoms with E-state index in [1.165, 1.54) is 34.8 Å². The summed E-state index contributed by atoms with van der Waals surface area (Å²) in [6.45, 7) is 7.21. The molecule has 0 bridgehead atoms. The molecule has 4 heterocycles. The molecule has 18 nitrogen and oxygen atoms in total. The van der Waals surface area contributed by atoms with Gasteiger partial charge < -0.3 is 23.0 Å². The van der Waals surface area contributed by atoms with E-state index in [-0.39, 0.29) is 60.1 Å². The van der Waals surface area contributed by atoms with Crippen molar-refractivity contribution in [3.05, 3.63) is 198 Å². The molecule has 4 aromatic heterocycles. The van der Waals surface area contributed by atoms with Gasteiger partial charge in [0, 0.05) is 36.4 Å². The highest BCUT2D eigenvalue weighted by atomic mass is 35.5. The number of benzene rings is 3. The summed E-state index contributed by atoms with van der Waals surface area (Å²) in [5.41, 5.74) is 10.8. The van der Waals surface area contributed by atoms with Crippen molar-refractivity contribution in [2.45, 2.75) is 40.8 Å². The number of hydrazone groups is 2. The zero-order valence-corrected chi connectivity index (χ0v) is 39.9. The minimum atomic E-state index is -0.450. The van der Waals surface area contributed by atoms with E-state index in [2.05, 4.69) is 41.7 Å². The van der Waals surface area contributed by atoms with Gasteiger partial charge in [0.15, 0.2) is 35.1 Å². The Morgan fingerprint density at radius 2 is 0.986 bits per heavy atom. The van der Waals surface area contributed by atoms with Gasteiger partial charge in [-0.1, -0.05) is 83.4 Å². The first-order chi connectivity index (χ1) is 32.8. The van der Waals surface area contributed by atoms with Crippen molar-refractivity contribution < 1.29 is 41.0 Å². The molecule has 0 spiro atoms. The highest BCUT2D eigenvalue weighted by Gasteiger charge is 2.20. The largest absolute Gasteiger partial charge is 1.00 e. The Labute approximate surface area is 410 Å². The maximum atomic E-state index is 13.0. The van der Waals surface area contributed by atoms with Crippen LogP contribution in [0, 0.1) is 47.9 Å². The van der Waals surface area contributed by atoms with Crippen LogP contribution in [0.3, 0.4) is 0 Å². The lowest BCUT2D eigenvalue weighted by atomic mass is 10.1. The Morgan fingerprint density at radius 3 is 1.35 bits per heavy atom. The summed E-state index contributed by atoms with van der Waals surface area (Å²) in [6.07, 6.45) is 14.3. The second-order valence-electron chi connectivity index (χ2n) is 15.2. The number of nitrogens with zero attached hydrogens (tertiary/aromatic N) is 8. The zero-order chi connectivity index (χ0) is 48.2. The molecule has 0 atom stereocenters. The van der Waals surface area contributed by atoms with E-state index in [9.17, 15) is 29.8 Å². The third kappa shape index (κ3) is 13.9. The fraction of sp³-hybridized carbons (Fsp3) is 0.125. The first-order valence-corrected chi connectivity index (χ1v) is 22.5. The monoisotopic (exact) mass is 983 g/mol. The summed E-state index contributed by atoms with van der Waals surface area (Å²) in [5, 5.41) is 39.6. The molecule has 0 unspecified atom stereocenters. The van der Waals surface area contributed by atoms with E-state index < -0.39 is 9.85 Å². The van der Waals surface area contributed by atoms with Crippen LogP contribution >= 0.6 is 22.7 Å². The van der Waals surface area contributed by atoms with Crippen LogP contribution in [0.25, 0.3) is 12.2 Å². The number of rotatable bonds is 18. The minimum absolute atomic E-state index is 0. The number of hydrogen-bond acceptors (Lipinski definition) is 14. The molecule has 3 aromatic carbocycles. The molecule has 0 aliphatic carbocycles. The van der Waals surface area contributed by atoms with Gasteiger partial charge in [0.25, 0.3) is 11.4 Å². The predicted octanol–water partition coefficient (Wildman–Crippen LogP) is 5.18. The molecule has 69 heavy (non-hydrogen) atoms. The van der Waals surface area contributed by atoms with E-state index in [0.29, 0.717) is 42.8 Å². The molecule has 0 radical (unpaired) electrons. The van der Waals surface area contributed by atoms with Gasteiger partial charge in [-0.25, -0.2) is 20.8 Å². The first kappa shape index (κ1) is 50.1. The number of halogens is 1. The van der Waals surface area contributed by atoms with Crippen molar-refractivity contribution in [3.63, 3.8) is 0 Å². The summed E-state index contributed by atoms with van der Waals surface area (Å²) in [5.74, 6) is -0.708. The Bertz CT molecular complexity index is 2910. The third-order valence-corrected chi connectivity index (χ3v) is 12.0. The number of amides is 2. The maximum Gasteiger partial charge on any atom is 0.305 e. The summed E-state index contributed by atoms with van der Waals surface area (Å²) in [4.78, 5) is 59.2. The standard InChI is InChI=1S/C48H42N12O6S2.ClH/c1-31-11-19-37(41(27-31)59(63)64)51-47-49-33(3)45(67-47)39(53-55-43(61)29-57-23-7-5-8-24-57)21-17-35-13-15-36(16-14-35)18-22-40(54-56-44(62)30-58-25-9-6-10-26-58)46-34(4)50-48(68-46)52-38-20-12-32(2)28-42(38)60(65)66;/h5-28H,29-30H2,1-4H3,(H2-2,49,50,51,52,53,54,55,56,61,62);1H/p+1. The van der Waals surface area contributed by atoms with Crippen molar-refractivity contribution in [2.75, 3.05) is 10.6 Å². The SMILES string of the molecule is Cc1ccc(Nc2nc(C)c(C(/C=C/c3ccc(/C=C/C(=N\NC(=O)C[n+]4ccccc4)c4sc(Nc5ccc(C)cc5[N+](=O)[O-])nc4C)cc3)=N\NC(=O)C[n+]3ccccc3)s2)c([N+](=O)[O-])c1.[Cl-]. The van der Waals surface area contributed by atoms with Crippen molar-refractivity contribution in [1.29, 1.82) is 0 Å². The summed E-state index contributed by atoms with van der Waals surface area (Å²) in [6, 6.07) is 28.4. The molecule has 21 heteroatoms. The normalized spacial score (nSPS) is 11.6. The number of nitro benzene ring substituents is 2. The number of anilines is 4. The molecule has 0 saturated heterocycles. The van der Waals surface area contributed by atoms with Crippen LogP contribution in [0.15, 0.2) is 144 Å². The molecule has 0 aliphatic heterocycles. The first-order valence-electron chi connectivity index (χ1n) is 20.8. The fourth-order valence-electron chi connectivity index (χ4n) is 6.53. The number of carbonyl (C=O) groups excluding carboxylic acids is 2. The van der Waals surface area contributed by atoms with Gasteiger partial charge in [-0.05, 0) is 74.2 Å². The maximum absolute atomic E-state index is 13.0. The van der Waals surface area contributed by atoms with Gasteiger partial charge in [-0.3, -0.25) is 29.8 Å². The van der Waals surface area contributed by atoms with Crippen LogP contribution < -0.4 is 43.0 Å². The smallest absolute Gasteiger partial charge is 0.305 e. The molecule has 7 rings (SSSR count). The highest BCUT2D eigenvalue weighted by molar-refractivity contribution is 7.18. The van der Waals surface area contributed by atoms with Gasteiger partial charge >= 0.3 is 11.8 Å². The average Bonchev–Trinajstić information content (AvgIpc) is 3.88. The number of carbonyl (C=O) groups is 2. The number of allylic oxidation sites excluding steroid dienone is 2. The predicted molar refractivity (Wildman–Crippen MR) is 263 cm³/mol. The average molecular weight is 985 g/mol. The lowest BCUT2D eigenvalue weighted by Gasteiger charge is -2.04. The lowest BCUT2D eigenvalue weighted by Crippen LogP contribution is -3.00. The molecule has 0 aliphatic rings. The molecule has 4 N–H and O–H groups in total. The number of aromatic nitrogens is 4. The number of pyridine rings is 2. The highest BCUT2D eigenvalue weighted by Crippen LogP contribution is 2.34. The number of nitrogens with one attached hydrogen (secondary N) is 4. The van der Waals surface area contributed by atoms with Crippen LogP contribution in [0.4, 0.5) is 33.0 Å². The summed E-state index contributed by atoms with van der Waals surface area (Å²) in [7, 11) is 0. The van der Waals surface area contributed by atoms with Crippen molar-refractivity contribution >= 4 is 91.1 Å². The van der Waals surface area contributed by atoms with Crippen LogP contribution in [-0.2, 0) is 22.7 Å². The van der Waals surface area contributed by atoms with Gasteiger partial charge in [0.2, 0.25) is 13.1 Å². The molecular weight excluding hydrogens is 940 g/mol. The number of aryl methyl sites for hydroxylation is 4. The molecule has 350 valence electrons. The van der Waals surface area contributed by atoms with Gasteiger partial charge in [0.05, 0.1) is 31.0 Å². The molecule has 2 amide bonds. The van der Waals surface area contributed by atoms with Crippen molar-refractivity contribution in [2.24, 2.45) is 10.2 Å². The topological polar surface area (TPSA) is 227 Å². The van der Waals surface area contributed by atoms with E-state index >= 15 is 0 Å². The number of hydrogen-bond donors (Lipinski definition) is 4. The second-order valence-corrected chi connectivity index (χ2v) is 17.2. The van der Waals surface area contributed by atoms with Gasteiger partial charge in [-0.15, -0.1) is 0 Å². The van der Waals surface area contributed by atoms with E-state index in [0.717, 1.165) is 22.3 Å². The Morgan fingerprint density at radius 1 is 0.609 bits per heavy atom. The van der Waals surface area contributed by atoms with E-state index in [1.54, 1.807) is 98.0 Å². The number of thiazole rings is 2. The quantitative estimate of drug-likeness (QED) is 0.0381. The lowest BCUT2D eigenvalue weighted by molar-refractivity contribution is -0.684.